The zero-order valence-electron chi connectivity index (χ0n) is 22.2. The van der Waals surface area contributed by atoms with Gasteiger partial charge in [-0.05, 0) is 86.5 Å². The Kier molecular flexibility index (Phi) is 9.73. The quantitative estimate of drug-likeness (QED) is 0.0800. The van der Waals surface area contributed by atoms with Crippen LogP contribution < -0.4 is 5.32 Å². The lowest BCUT2D eigenvalue weighted by Gasteiger charge is -2.13. The first kappa shape index (κ1) is 27.5. The maximum atomic E-state index is 12.6. The molecule has 6 heteroatoms. The Morgan fingerprint density at radius 1 is 0.718 bits per heavy atom. The van der Waals surface area contributed by atoms with E-state index in [1.54, 1.807) is 27.8 Å². The second-order valence-corrected chi connectivity index (χ2v) is 12.4. The van der Waals surface area contributed by atoms with Crippen molar-refractivity contribution in [2.75, 3.05) is 12.3 Å². The number of carbonyl (C=O) groups excluding carboxylic acids is 2. The Morgan fingerprint density at radius 3 is 2.33 bits per heavy atom. The molecule has 1 heterocycles. The average Bonchev–Trinajstić information content (AvgIpc) is 2.97. The zero-order valence-corrected chi connectivity index (χ0v) is 23.8. The van der Waals surface area contributed by atoms with Gasteiger partial charge in [0.05, 0.1) is 0 Å². The van der Waals surface area contributed by atoms with Crippen molar-refractivity contribution in [3.63, 3.8) is 0 Å². The van der Waals surface area contributed by atoms with E-state index in [9.17, 15) is 9.59 Å². The molecular weight excluding hydrogens is 521 g/mol. The maximum absolute atomic E-state index is 12.6. The molecule has 1 N–H and O–H groups in total. The summed E-state index contributed by atoms with van der Waals surface area (Å²) >= 11 is 0. The number of nitrogens with one attached hydrogen (secondary N) is 1. The Hall–Kier alpha value is -3.09. The van der Waals surface area contributed by atoms with Gasteiger partial charge in [0.25, 0.3) is 0 Å². The fourth-order valence-electron chi connectivity index (χ4n) is 5.14. The van der Waals surface area contributed by atoms with Crippen molar-refractivity contribution in [2.24, 2.45) is 0 Å². The number of amides is 1. The zero-order chi connectivity index (χ0) is 26.9. The van der Waals surface area contributed by atoms with Crippen LogP contribution in [0.5, 0.6) is 0 Å². The summed E-state index contributed by atoms with van der Waals surface area (Å²) < 4.78 is 0. The third-order valence-corrected chi connectivity index (χ3v) is 9.51. The Bertz CT molecular complexity index is 1520. The Morgan fingerprint density at radius 2 is 1.51 bits per heavy atom. The second kappa shape index (κ2) is 13.8. The number of carbonyl (C=O) groups is 2. The van der Waals surface area contributed by atoms with Gasteiger partial charge < -0.3 is 5.32 Å². The molecule has 0 saturated heterocycles. The highest BCUT2D eigenvalue weighted by molar-refractivity contribution is 8.76. The van der Waals surface area contributed by atoms with Crippen LogP contribution in [0, 0.1) is 0 Å². The maximum Gasteiger partial charge on any atom is 0.220 e. The van der Waals surface area contributed by atoms with Gasteiger partial charge in [0, 0.05) is 37.8 Å². The largest absolute Gasteiger partial charge is 0.356 e. The summed E-state index contributed by atoms with van der Waals surface area (Å²) in [4.78, 5) is 28.9. The van der Waals surface area contributed by atoms with Gasteiger partial charge in [0.1, 0.15) is 10.8 Å². The number of aryl methyl sites for hydroxylation is 1. The van der Waals surface area contributed by atoms with E-state index in [0.717, 1.165) is 42.9 Å². The molecule has 0 atom stereocenters. The number of benzene rings is 4. The van der Waals surface area contributed by atoms with Crippen LogP contribution in [0.25, 0.3) is 32.3 Å². The first-order chi connectivity index (χ1) is 19.2. The fourth-order valence-corrected chi connectivity index (χ4v) is 7.11. The van der Waals surface area contributed by atoms with Crippen molar-refractivity contribution in [3.8, 4) is 0 Å². The normalized spacial score (nSPS) is 11.5. The minimum atomic E-state index is 0.114. The lowest BCUT2D eigenvalue weighted by Crippen LogP contribution is -2.24. The summed E-state index contributed by atoms with van der Waals surface area (Å²) in [5.41, 5.74) is 1.26. The molecule has 5 rings (SSSR count). The molecule has 0 unspecified atom stereocenters. The van der Waals surface area contributed by atoms with E-state index in [0.29, 0.717) is 31.6 Å². The predicted molar refractivity (Wildman–Crippen MR) is 167 cm³/mol. The molecular formula is C33H34N2O2S2. The van der Waals surface area contributed by atoms with Gasteiger partial charge in [-0.3, -0.25) is 9.59 Å². The van der Waals surface area contributed by atoms with Crippen molar-refractivity contribution >= 4 is 65.6 Å². The molecule has 0 fully saturated rings. The van der Waals surface area contributed by atoms with Gasteiger partial charge in [0.2, 0.25) is 5.91 Å². The summed E-state index contributed by atoms with van der Waals surface area (Å²) in [6.07, 6.45) is 7.94. The molecule has 1 aromatic heterocycles. The first-order valence-corrected chi connectivity index (χ1v) is 16.2. The molecule has 200 valence electrons. The Labute approximate surface area is 238 Å². The highest BCUT2D eigenvalue weighted by Crippen LogP contribution is 2.36. The van der Waals surface area contributed by atoms with Crippen LogP contribution in [0.15, 0.2) is 84.0 Å². The van der Waals surface area contributed by atoms with Gasteiger partial charge in [-0.25, -0.2) is 4.98 Å². The smallest absolute Gasteiger partial charge is 0.220 e. The van der Waals surface area contributed by atoms with Crippen LogP contribution in [0.2, 0.25) is 0 Å². The van der Waals surface area contributed by atoms with Crippen molar-refractivity contribution in [2.45, 2.75) is 56.4 Å². The first-order valence-electron chi connectivity index (χ1n) is 13.8. The second-order valence-electron chi connectivity index (χ2n) is 9.96. The van der Waals surface area contributed by atoms with E-state index in [-0.39, 0.29) is 5.91 Å². The average molecular weight is 555 g/mol. The van der Waals surface area contributed by atoms with E-state index in [4.69, 9.17) is 0 Å². The third kappa shape index (κ3) is 7.31. The summed E-state index contributed by atoms with van der Waals surface area (Å²) in [6, 6.07) is 25.6. The van der Waals surface area contributed by atoms with E-state index >= 15 is 0 Å². The number of hydrogen-bond donors (Lipinski definition) is 1. The number of pyridine rings is 1. The van der Waals surface area contributed by atoms with E-state index < -0.39 is 0 Å². The van der Waals surface area contributed by atoms with Crippen LogP contribution in [0.4, 0.5) is 0 Å². The fraction of sp³-hybridized carbons (Fsp3) is 0.303. The molecule has 0 spiro atoms. The molecule has 1 amide bonds. The molecule has 5 aromatic rings. The lowest BCUT2D eigenvalue weighted by atomic mass is 9.90. The van der Waals surface area contributed by atoms with Crippen LogP contribution >= 0.6 is 21.6 Å². The molecule has 0 radical (unpaired) electrons. The molecule has 0 saturated carbocycles. The molecule has 0 aliphatic rings. The summed E-state index contributed by atoms with van der Waals surface area (Å²) in [5, 5.41) is 11.7. The topological polar surface area (TPSA) is 59.1 Å². The van der Waals surface area contributed by atoms with Crippen LogP contribution in [-0.4, -0.2) is 29.0 Å². The van der Waals surface area contributed by atoms with Crippen molar-refractivity contribution in [3.05, 3.63) is 84.6 Å². The molecule has 39 heavy (non-hydrogen) atoms. The number of hydrogen-bond acceptors (Lipinski definition) is 5. The van der Waals surface area contributed by atoms with Crippen LogP contribution in [-0.2, 0) is 16.0 Å². The number of rotatable bonds is 15. The third-order valence-electron chi connectivity index (χ3n) is 7.16. The molecule has 4 nitrogen and oxygen atoms in total. The predicted octanol–water partition coefficient (Wildman–Crippen LogP) is 8.38. The minimum absolute atomic E-state index is 0.114. The standard InChI is InChI=1S/C33H34N2O2S2/c36-28(10-2-1-4-21-34-30(37)11-7-23-38-39-31-12-3-5-22-35-31)19-17-24-13-14-27-16-15-25-8-6-9-26-18-20-29(24)33(27)32(25)26/h3,5-6,8-9,12-16,18,20,22H,1-2,4,7,10-11,17,19,21,23H2,(H,34,37). The van der Waals surface area contributed by atoms with Gasteiger partial charge in [-0.15, -0.1) is 0 Å². The van der Waals surface area contributed by atoms with E-state index in [2.05, 4.69) is 64.9 Å². The summed E-state index contributed by atoms with van der Waals surface area (Å²) in [6.45, 7) is 0.686. The number of Topliss-reactive ketones (excluding diaryl/α,β-unsaturated/α-hetero) is 1. The highest BCUT2D eigenvalue weighted by Gasteiger charge is 2.12. The minimum Gasteiger partial charge on any atom is -0.356 e. The highest BCUT2D eigenvalue weighted by atomic mass is 33.1. The molecule has 4 aromatic carbocycles. The number of ketones is 1. The SMILES string of the molecule is O=C(CCCCCNC(=O)CCCSSc1ccccn1)CCc1ccc2ccc3cccc4ccc1c2c34. The van der Waals surface area contributed by atoms with Crippen LogP contribution in [0.3, 0.4) is 0 Å². The molecule has 0 bridgehead atoms. The van der Waals surface area contributed by atoms with Gasteiger partial charge in [0.15, 0.2) is 0 Å². The van der Waals surface area contributed by atoms with E-state index in [1.165, 1.54) is 37.9 Å². The van der Waals surface area contributed by atoms with Gasteiger partial charge >= 0.3 is 0 Å². The number of nitrogens with zero attached hydrogens (tertiary/aromatic N) is 1. The lowest BCUT2D eigenvalue weighted by molar-refractivity contribution is -0.121. The van der Waals surface area contributed by atoms with Gasteiger partial charge in [-0.2, -0.15) is 0 Å². The number of unbranched alkanes of at least 4 members (excludes halogenated alkanes) is 2. The van der Waals surface area contributed by atoms with Gasteiger partial charge in [-0.1, -0.05) is 77.9 Å². The number of aromatic nitrogens is 1. The summed E-state index contributed by atoms with van der Waals surface area (Å²) in [7, 11) is 3.38. The molecule has 0 aliphatic carbocycles. The van der Waals surface area contributed by atoms with Crippen molar-refractivity contribution in [1.82, 2.24) is 10.3 Å². The molecule has 0 aliphatic heterocycles. The Balaban J connectivity index is 0.968. The summed E-state index contributed by atoms with van der Waals surface area (Å²) in [5.74, 6) is 1.36. The van der Waals surface area contributed by atoms with Crippen molar-refractivity contribution in [1.29, 1.82) is 0 Å². The van der Waals surface area contributed by atoms with Crippen LogP contribution in [0.1, 0.15) is 50.5 Å². The monoisotopic (exact) mass is 554 g/mol. The van der Waals surface area contributed by atoms with E-state index in [1.807, 2.05) is 18.2 Å². The van der Waals surface area contributed by atoms with Crippen molar-refractivity contribution < 1.29 is 9.59 Å².